The number of nitrogens with zero attached hydrogens (tertiary/aromatic N) is 3. The Kier molecular flexibility index (Phi) is 6.27. The van der Waals surface area contributed by atoms with Gasteiger partial charge in [-0.2, -0.15) is 5.10 Å². The monoisotopic (exact) mass is 416 g/mol. The summed E-state index contributed by atoms with van der Waals surface area (Å²) in [6, 6.07) is 15.4. The lowest BCUT2D eigenvalue weighted by Crippen LogP contribution is -2.23. The van der Waals surface area contributed by atoms with E-state index in [1.165, 1.54) is 0 Å². The summed E-state index contributed by atoms with van der Waals surface area (Å²) in [4.78, 5) is 13.1. The number of aryl methyl sites for hydroxylation is 1. The second-order valence-corrected chi connectivity index (χ2v) is 7.41. The van der Waals surface area contributed by atoms with Crippen molar-refractivity contribution < 1.29 is 4.79 Å². The maximum absolute atomic E-state index is 11.4. The van der Waals surface area contributed by atoms with Gasteiger partial charge in [0.05, 0.1) is 16.4 Å². The predicted octanol–water partition coefficient (Wildman–Crippen LogP) is 5.08. The number of hydrogen-bond acceptors (Lipinski definition) is 3. The zero-order chi connectivity index (χ0) is 20.3. The van der Waals surface area contributed by atoms with Crippen molar-refractivity contribution in [2.75, 3.05) is 12.4 Å². The molecule has 0 spiro atoms. The summed E-state index contributed by atoms with van der Waals surface area (Å²) in [7, 11) is 1.79. The number of anilines is 1. The number of hydrogen-bond donors (Lipinski definition) is 1. The number of carbonyl (C=O) groups excluding carboxylic acids is 1. The molecule has 28 heavy (non-hydrogen) atoms. The molecule has 0 radical (unpaired) electrons. The van der Waals surface area contributed by atoms with E-state index in [1.807, 2.05) is 55.5 Å². The highest BCUT2D eigenvalue weighted by Crippen LogP contribution is 2.28. The minimum absolute atomic E-state index is 0.0350. The average Bonchev–Trinajstić information content (AvgIpc) is 2.94. The highest BCUT2D eigenvalue weighted by atomic mass is 35.5. The van der Waals surface area contributed by atoms with Crippen LogP contribution in [0.1, 0.15) is 23.7 Å². The SMILES string of the molecule is CC(=O)N(C)Cc1cccc(NCc2c(C)nn(-c3ccccc3Cl)c2Cl)c1. The Hall–Kier alpha value is -2.50. The Labute approximate surface area is 174 Å². The number of nitrogens with one attached hydrogen (secondary N) is 1. The van der Waals surface area contributed by atoms with Crippen LogP contribution in [0.3, 0.4) is 0 Å². The molecule has 5 nitrogen and oxygen atoms in total. The number of benzene rings is 2. The van der Waals surface area contributed by atoms with Gasteiger partial charge in [-0.25, -0.2) is 4.68 Å². The predicted molar refractivity (Wildman–Crippen MR) is 114 cm³/mol. The molecule has 0 fully saturated rings. The fourth-order valence-corrected chi connectivity index (χ4v) is 3.42. The molecule has 0 atom stereocenters. The lowest BCUT2D eigenvalue weighted by molar-refractivity contribution is -0.128. The minimum atomic E-state index is 0.0350. The van der Waals surface area contributed by atoms with Crippen molar-refractivity contribution in [1.82, 2.24) is 14.7 Å². The Balaban J connectivity index is 1.77. The van der Waals surface area contributed by atoms with Crippen LogP contribution in [-0.4, -0.2) is 27.6 Å². The van der Waals surface area contributed by atoms with Crippen molar-refractivity contribution in [2.24, 2.45) is 0 Å². The maximum atomic E-state index is 11.4. The van der Waals surface area contributed by atoms with Crippen molar-refractivity contribution in [2.45, 2.75) is 26.9 Å². The van der Waals surface area contributed by atoms with Gasteiger partial charge in [0.15, 0.2) is 0 Å². The fourth-order valence-electron chi connectivity index (χ4n) is 2.87. The molecule has 0 bridgehead atoms. The van der Waals surface area contributed by atoms with Crippen LogP contribution in [-0.2, 0) is 17.9 Å². The van der Waals surface area contributed by atoms with Crippen molar-refractivity contribution in [3.8, 4) is 5.69 Å². The van der Waals surface area contributed by atoms with Crippen molar-refractivity contribution in [3.63, 3.8) is 0 Å². The van der Waals surface area contributed by atoms with E-state index in [9.17, 15) is 4.79 Å². The molecular formula is C21H22Cl2N4O. The van der Waals surface area contributed by atoms with Crippen molar-refractivity contribution in [3.05, 3.63) is 75.5 Å². The molecule has 3 rings (SSSR count). The summed E-state index contributed by atoms with van der Waals surface area (Å²) < 4.78 is 1.66. The quantitative estimate of drug-likeness (QED) is 0.609. The van der Waals surface area contributed by atoms with Crippen LogP contribution >= 0.6 is 23.2 Å². The van der Waals surface area contributed by atoms with E-state index in [0.29, 0.717) is 23.3 Å². The molecule has 7 heteroatoms. The number of rotatable bonds is 6. The number of para-hydroxylation sites is 1. The molecule has 0 saturated carbocycles. The Bertz CT molecular complexity index is 1000. The van der Waals surface area contributed by atoms with Crippen LogP contribution in [0, 0.1) is 6.92 Å². The summed E-state index contributed by atoms with van der Waals surface area (Å²) in [6.07, 6.45) is 0. The highest BCUT2D eigenvalue weighted by Gasteiger charge is 2.16. The third-order valence-corrected chi connectivity index (χ3v) is 5.26. The molecule has 0 aliphatic heterocycles. The molecule has 146 valence electrons. The largest absolute Gasteiger partial charge is 0.381 e. The van der Waals surface area contributed by atoms with Crippen LogP contribution in [0.2, 0.25) is 10.2 Å². The Morgan fingerprint density at radius 2 is 1.93 bits per heavy atom. The molecular weight excluding hydrogens is 395 g/mol. The zero-order valence-electron chi connectivity index (χ0n) is 16.0. The fraction of sp³-hybridized carbons (Fsp3) is 0.238. The van der Waals surface area contributed by atoms with Crippen molar-refractivity contribution in [1.29, 1.82) is 0 Å². The van der Waals surface area contributed by atoms with E-state index in [-0.39, 0.29) is 5.91 Å². The second kappa shape index (κ2) is 8.67. The number of amides is 1. The summed E-state index contributed by atoms with van der Waals surface area (Å²) >= 11 is 12.9. The van der Waals surface area contributed by atoms with Crippen molar-refractivity contribution >= 4 is 34.8 Å². The van der Waals surface area contributed by atoms with E-state index < -0.39 is 0 Å². The van der Waals surface area contributed by atoms with Gasteiger partial charge in [0.25, 0.3) is 0 Å². The van der Waals surface area contributed by atoms with Gasteiger partial charge in [-0.1, -0.05) is 47.5 Å². The molecule has 1 heterocycles. The van der Waals surface area contributed by atoms with E-state index in [4.69, 9.17) is 23.2 Å². The van der Waals surface area contributed by atoms with E-state index in [0.717, 1.165) is 28.2 Å². The number of aromatic nitrogens is 2. The van der Waals surface area contributed by atoms with Crippen LogP contribution in [0.5, 0.6) is 0 Å². The summed E-state index contributed by atoms with van der Waals surface area (Å²) in [6.45, 7) is 4.58. The molecule has 1 N–H and O–H groups in total. The first-order valence-electron chi connectivity index (χ1n) is 8.90. The van der Waals surface area contributed by atoms with Gasteiger partial charge in [-0.15, -0.1) is 0 Å². The van der Waals surface area contributed by atoms with E-state index >= 15 is 0 Å². The third kappa shape index (κ3) is 4.49. The highest BCUT2D eigenvalue weighted by molar-refractivity contribution is 6.33. The zero-order valence-corrected chi connectivity index (χ0v) is 17.6. The van der Waals surface area contributed by atoms with Gasteiger partial charge in [0, 0.05) is 38.3 Å². The van der Waals surface area contributed by atoms with Gasteiger partial charge < -0.3 is 10.2 Å². The topological polar surface area (TPSA) is 50.2 Å². The molecule has 1 aromatic heterocycles. The van der Waals surface area contributed by atoms with Gasteiger partial charge in [-0.05, 0) is 36.8 Å². The van der Waals surface area contributed by atoms with Crippen LogP contribution < -0.4 is 5.32 Å². The summed E-state index contributed by atoms with van der Waals surface area (Å²) in [5.74, 6) is 0.0350. The molecule has 3 aromatic rings. The first-order valence-corrected chi connectivity index (χ1v) is 9.66. The van der Waals surface area contributed by atoms with Gasteiger partial charge in [0.2, 0.25) is 5.91 Å². The maximum Gasteiger partial charge on any atom is 0.219 e. The first kappa shape index (κ1) is 20.2. The third-order valence-electron chi connectivity index (χ3n) is 4.56. The van der Waals surface area contributed by atoms with Gasteiger partial charge >= 0.3 is 0 Å². The molecule has 1 amide bonds. The second-order valence-electron chi connectivity index (χ2n) is 6.65. The smallest absolute Gasteiger partial charge is 0.219 e. The van der Waals surface area contributed by atoms with Crippen LogP contribution in [0.25, 0.3) is 5.69 Å². The van der Waals surface area contributed by atoms with E-state index in [1.54, 1.807) is 23.6 Å². The summed E-state index contributed by atoms with van der Waals surface area (Å²) in [5, 5.41) is 9.06. The minimum Gasteiger partial charge on any atom is -0.381 e. The molecule has 0 unspecified atom stereocenters. The molecule has 2 aromatic carbocycles. The first-order chi connectivity index (χ1) is 13.4. The van der Waals surface area contributed by atoms with Gasteiger partial charge in [-0.3, -0.25) is 4.79 Å². The Morgan fingerprint density at radius 1 is 1.18 bits per heavy atom. The molecule has 0 aliphatic rings. The number of carbonyl (C=O) groups is 1. The lowest BCUT2D eigenvalue weighted by Gasteiger charge is -2.15. The normalized spacial score (nSPS) is 10.8. The van der Waals surface area contributed by atoms with Gasteiger partial charge in [0.1, 0.15) is 5.15 Å². The lowest BCUT2D eigenvalue weighted by atomic mass is 10.2. The van der Waals surface area contributed by atoms with Crippen LogP contribution in [0.15, 0.2) is 48.5 Å². The molecule has 0 saturated heterocycles. The van der Waals surface area contributed by atoms with E-state index in [2.05, 4.69) is 10.4 Å². The number of halogens is 2. The molecule has 0 aliphatic carbocycles. The summed E-state index contributed by atoms with van der Waals surface area (Å²) in [5.41, 5.74) is 4.50. The van der Waals surface area contributed by atoms with Crippen LogP contribution in [0.4, 0.5) is 5.69 Å². The Morgan fingerprint density at radius 3 is 2.64 bits per heavy atom. The average molecular weight is 417 g/mol. The standard InChI is InChI=1S/C21H22Cl2N4O/c1-14-18(21(23)27(25-14)20-10-5-4-9-19(20)22)12-24-17-8-6-7-16(11-17)13-26(3)15(2)28/h4-11,24H,12-13H2,1-3H3.